The van der Waals surface area contributed by atoms with Gasteiger partial charge in [-0.3, -0.25) is 14.4 Å². The molecule has 8 nitrogen and oxygen atoms in total. The Hall–Kier alpha value is -5.64. The molecule has 0 aromatic heterocycles. The molecule has 0 bridgehead atoms. The van der Waals surface area contributed by atoms with Crippen LogP contribution in [0.1, 0.15) is 42.7 Å². The van der Waals surface area contributed by atoms with Crippen molar-refractivity contribution in [1.82, 2.24) is 5.32 Å². The number of thioether (sulfide) groups is 1. The van der Waals surface area contributed by atoms with E-state index in [0.717, 1.165) is 11.1 Å². The van der Waals surface area contributed by atoms with Gasteiger partial charge in [0.25, 0.3) is 11.8 Å². The van der Waals surface area contributed by atoms with Gasteiger partial charge in [0.05, 0.1) is 5.56 Å². The van der Waals surface area contributed by atoms with Crippen molar-refractivity contribution in [2.45, 2.75) is 17.1 Å². The van der Waals surface area contributed by atoms with E-state index in [-0.39, 0.29) is 17.2 Å². The molecule has 0 fully saturated rings. The lowest BCUT2D eigenvalue weighted by molar-refractivity contribution is -0.116. The summed E-state index contributed by atoms with van der Waals surface area (Å²) in [7, 11) is 0. The Kier molecular flexibility index (Phi) is 11.1. The number of benzene rings is 5. The van der Waals surface area contributed by atoms with E-state index >= 15 is 0 Å². The van der Waals surface area contributed by atoms with Gasteiger partial charge in [-0.05, 0) is 78.2 Å². The fraction of sp³-hybridized carbons (Fsp3) is 0.0526. The quantitative estimate of drug-likeness (QED) is 0.0826. The zero-order chi connectivity index (χ0) is 34.0. The number of carboxylic acid groups (broad SMARTS) is 1. The number of carbonyl (C=O) groups is 4. The van der Waals surface area contributed by atoms with Crippen LogP contribution in [0.2, 0.25) is 5.02 Å². The number of halogens is 1. The van der Waals surface area contributed by atoms with E-state index in [1.807, 2.05) is 36.4 Å². The fourth-order valence-corrected chi connectivity index (χ4v) is 5.93. The standard InChI is InChI=1S/C38H30ClN3O5S/c1-24-19-20-28(38(46)47)22-32(24)41-37(45)34(25-11-4-2-5-12-25)48-30-17-10-16-29(23-30)40-36(44)33(21-27-15-8-9-18-31(27)39)42-35(43)26-13-6-3-7-14-26/h2-23,34H,1H3,(H,40,44)(H,41,45)(H,42,43)(H,46,47)/b33-21+. The molecule has 0 radical (unpaired) electrons. The van der Waals surface area contributed by atoms with E-state index < -0.39 is 23.0 Å². The number of nitrogens with one attached hydrogen (secondary N) is 3. The zero-order valence-electron chi connectivity index (χ0n) is 25.6. The summed E-state index contributed by atoms with van der Waals surface area (Å²) in [6, 6.07) is 36.2. The first-order valence-electron chi connectivity index (χ1n) is 14.8. The van der Waals surface area contributed by atoms with E-state index in [2.05, 4.69) is 16.0 Å². The molecule has 0 aliphatic heterocycles. The Bertz CT molecular complexity index is 2000. The Labute approximate surface area is 286 Å². The molecular weight excluding hydrogens is 646 g/mol. The third-order valence-electron chi connectivity index (χ3n) is 7.16. The SMILES string of the molecule is Cc1ccc(C(=O)O)cc1NC(=O)C(Sc1cccc(NC(=O)/C(=C\c2ccccc2Cl)NC(=O)c2ccccc2)c1)c1ccccc1. The van der Waals surface area contributed by atoms with Crippen molar-refractivity contribution in [2.24, 2.45) is 0 Å². The van der Waals surface area contributed by atoms with Crippen molar-refractivity contribution in [3.8, 4) is 0 Å². The molecule has 0 saturated heterocycles. The summed E-state index contributed by atoms with van der Waals surface area (Å²) in [6.07, 6.45) is 1.51. The summed E-state index contributed by atoms with van der Waals surface area (Å²) < 4.78 is 0. The van der Waals surface area contributed by atoms with Gasteiger partial charge in [0, 0.05) is 26.9 Å². The Morgan fingerprint density at radius 3 is 2.15 bits per heavy atom. The number of rotatable bonds is 11. The van der Waals surface area contributed by atoms with Crippen LogP contribution < -0.4 is 16.0 Å². The molecule has 3 amide bonds. The normalized spacial score (nSPS) is 11.7. The second kappa shape index (κ2) is 15.8. The molecule has 0 heterocycles. The largest absolute Gasteiger partial charge is 0.478 e. The molecule has 1 unspecified atom stereocenters. The molecule has 0 saturated carbocycles. The minimum absolute atomic E-state index is 0.0180. The Morgan fingerprint density at radius 1 is 0.750 bits per heavy atom. The molecule has 48 heavy (non-hydrogen) atoms. The maximum absolute atomic E-state index is 13.7. The van der Waals surface area contributed by atoms with E-state index in [0.29, 0.717) is 32.4 Å². The van der Waals surface area contributed by atoms with Crippen molar-refractivity contribution < 1.29 is 24.3 Å². The Morgan fingerprint density at radius 2 is 1.44 bits per heavy atom. The molecule has 10 heteroatoms. The van der Waals surface area contributed by atoms with Gasteiger partial charge in [-0.25, -0.2) is 4.79 Å². The number of anilines is 2. The van der Waals surface area contributed by atoms with Crippen LogP contribution in [0.25, 0.3) is 6.08 Å². The lowest BCUT2D eigenvalue weighted by Crippen LogP contribution is -2.30. The van der Waals surface area contributed by atoms with Gasteiger partial charge in [-0.2, -0.15) is 0 Å². The number of carbonyl (C=O) groups excluding carboxylic acids is 3. The minimum atomic E-state index is -1.09. The average molecular weight is 676 g/mol. The maximum atomic E-state index is 13.7. The van der Waals surface area contributed by atoms with Crippen LogP contribution in [0.3, 0.4) is 0 Å². The summed E-state index contributed by atoms with van der Waals surface area (Å²) in [5, 5.41) is 17.6. The van der Waals surface area contributed by atoms with E-state index in [1.165, 1.54) is 30.0 Å². The smallest absolute Gasteiger partial charge is 0.335 e. The molecule has 0 aliphatic rings. The van der Waals surface area contributed by atoms with Gasteiger partial charge >= 0.3 is 5.97 Å². The van der Waals surface area contributed by atoms with E-state index in [9.17, 15) is 24.3 Å². The number of aryl methyl sites for hydroxylation is 1. The molecule has 4 N–H and O–H groups in total. The second-order valence-electron chi connectivity index (χ2n) is 10.6. The average Bonchev–Trinajstić information content (AvgIpc) is 3.09. The maximum Gasteiger partial charge on any atom is 0.335 e. The number of hydrogen-bond donors (Lipinski definition) is 4. The first-order chi connectivity index (χ1) is 23.2. The molecule has 240 valence electrons. The third kappa shape index (κ3) is 8.79. The molecule has 0 aliphatic carbocycles. The highest BCUT2D eigenvalue weighted by atomic mass is 35.5. The van der Waals surface area contributed by atoms with Crippen LogP contribution in [0.15, 0.2) is 138 Å². The first kappa shape index (κ1) is 33.7. The summed E-state index contributed by atoms with van der Waals surface area (Å²) in [6.45, 7) is 1.79. The van der Waals surface area contributed by atoms with Crippen LogP contribution in [-0.2, 0) is 9.59 Å². The zero-order valence-corrected chi connectivity index (χ0v) is 27.2. The molecule has 1 atom stereocenters. The predicted molar refractivity (Wildman–Crippen MR) is 190 cm³/mol. The lowest BCUT2D eigenvalue weighted by atomic mass is 10.1. The lowest BCUT2D eigenvalue weighted by Gasteiger charge is -2.19. The Balaban J connectivity index is 1.39. The number of aromatic carboxylic acids is 1. The van der Waals surface area contributed by atoms with Crippen LogP contribution in [0, 0.1) is 6.92 Å². The van der Waals surface area contributed by atoms with Gasteiger partial charge in [0.2, 0.25) is 5.91 Å². The second-order valence-corrected chi connectivity index (χ2v) is 12.2. The van der Waals surface area contributed by atoms with Crippen molar-refractivity contribution in [1.29, 1.82) is 0 Å². The predicted octanol–water partition coefficient (Wildman–Crippen LogP) is 8.23. The third-order valence-corrected chi connectivity index (χ3v) is 8.75. The summed E-state index contributed by atoms with van der Waals surface area (Å²) >= 11 is 7.63. The minimum Gasteiger partial charge on any atom is -0.478 e. The van der Waals surface area contributed by atoms with Crippen molar-refractivity contribution in [3.05, 3.63) is 166 Å². The van der Waals surface area contributed by atoms with Gasteiger partial charge < -0.3 is 21.1 Å². The van der Waals surface area contributed by atoms with Crippen LogP contribution in [0.5, 0.6) is 0 Å². The number of hydrogen-bond acceptors (Lipinski definition) is 5. The molecular formula is C38H30ClN3O5S. The van der Waals surface area contributed by atoms with Crippen molar-refractivity contribution in [2.75, 3.05) is 10.6 Å². The highest BCUT2D eigenvalue weighted by Gasteiger charge is 2.24. The summed E-state index contributed by atoms with van der Waals surface area (Å²) in [4.78, 5) is 52.6. The van der Waals surface area contributed by atoms with Crippen molar-refractivity contribution >= 4 is 64.5 Å². The van der Waals surface area contributed by atoms with Crippen LogP contribution in [-0.4, -0.2) is 28.8 Å². The highest BCUT2D eigenvalue weighted by Crippen LogP contribution is 2.37. The van der Waals surface area contributed by atoms with Gasteiger partial charge in [0.15, 0.2) is 0 Å². The fourth-order valence-electron chi connectivity index (χ4n) is 4.66. The number of carboxylic acids is 1. The first-order valence-corrected chi connectivity index (χ1v) is 16.0. The topological polar surface area (TPSA) is 125 Å². The monoisotopic (exact) mass is 675 g/mol. The molecule has 5 aromatic rings. The molecule has 0 spiro atoms. The molecule has 5 rings (SSSR count). The van der Waals surface area contributed by atoms with Crippen molar-refractivity contribution in [3.63, 3.8) is 0 Å². The number of amides is 3. The van der Waals surface area contributed by atoms with Gasteiger partial charge in [-0.15, -0.1) is 11.8 Å². The van der Waals surface area contributed by atoms with Gasteiger partial charge in [0.1, 0.15) is 10.9 Å². The summed E-state index contributed by atoms with van der Waals surface area (Å²) in [5.41, 5.74) is 3.25. The van der Waals surface area contributed by atoms with E-state index in [1.54, 1.807) is 85.8 Å². The van der Waals surface area contributed by atoms with E-state index in [4.69, 9.17) is 11.6 Å². The highest BCUT2D eigenvalue weighted by molar-refractivity contribution is 8.00. The molecule has 5 aromatic carbocycles. The van der Waals surface area contributed by atoms with Crippen LogP contribution in [0.4, 0.5) is 11.4 Å². The van der Waals surface area contributed by atoms with Gasteiger partial charge in [-0.1, -0.05) is 90.5 Å². The van der Waals surface area contributed by atoms with Crippen LogP contribution >= 0.6 is 23.4 Å². The summed E-state index contributed by atoms with van der Waals surface area (Å²) in [5.74, 6) is -2.48.